The highest BCUT2D eigenvalue weighted by molar-refractivity contribution is 5.50. The molecule has 1 unspecified atom stereocenters. The number of hydroxylamine groups is 1. The van der Waals surface area contributed by atoms with E-state index < -0.39 is 0 Å². The van der Waals surface area contributed by atoms with E-state index in [1.807, 2.05) is 37.3 Å². The molecule has 0 aromatic heterocycles. The van der Waals surface area contributed by atoms with Gasteiger partial charge in [0.05, 0.1) is 0 Å². The van der Waals surface area contributed by atoms with Gasteiger partial charge >= 0.3 is 0 Å². The third-order valence-electron chi connectivity index (χ3n) is 1.82. The van der Waals surface area contributed by atoms with Gasteiger partial charge in [0.1, 0.15) is 0 Å². The van der Waals surface area contributed by atoms with Crippen LogP contribution in [0, 0.1) is 0 Å². The van der Waals surface area contributed by atoms with Crippen LogP contribution in [0.1, 0.15) is 12.5 Å². The Kier molecular flexibility index (Phi) is 1.71. The van der Waals surface area contributed by atoms with Crippen molar-refractivity contribution in [3.05, 3.63) is 42.0 Å². The van der Waals surface area contributed by atoms with E-state index >= 15 is 0 Å². The molecular formula is C10H11NO. The third-order valence-corrected chi connectivity index (χ3v) is 1.82. The van der Waals surface area contributed by atoms with Crippen molar-refractivity contribution in [3.63, 3.8) is 0 Å². The van der Waals surface area contributed by atoms with Crippen molar-refractivity contribution in [2.45, 2.75) is 12.6 Å². The normalized spacial score (nSPS) is 27.8. The summed E-state index contributed by atoms with van der Waals surface area (Å²) in [6.45, 7) is 1.98. The van der Waals surface area contributed by atoms with Crippen LogP contribution >= 0.6 is 0 Å². The lowest BCUT2D eigenvalue weighted by Gasteiger charge is -1.92. The Morgan fingerprint density at radius 1 is 1.33 bits per heavy atom. The van der Waals surface area contributed by atoms with Crippen LogP contribution in [0.5, 0.6) is 0 Å². The number of hydrogen-bond donors (Lipinski definition) is 1. The summed E-state index contributed by atoms with van der Waals surface area (Å²) < 4.78 is 0. The SMILES string of the molecule is CC1(C=Cc2ccccc2)NO1. The monoisotopic (exact) mass is 161 g/mol. The molecule has 0 spiro atoms. The first-order valence-corrected chi connectivity index (χ1v) is 3.98. The maximum atomic E-state index is 4.98. The molecule has 0 aliphatic carbocycles. The molecule has 0 amide bonds. The lowest BCUT2D eigenvalue weighted by atomic mass is 10.2. The van der Waals surface area contributed by atoms with Crippen LogP contribution in [0.15, 0.2) is 36.4 Å². The second-order valence-electron chi connectivity index (χ2n) is 3.06. The van der Waals surface area contributed by atoms with E-state index in [0.29, 0.717) is 0 Å². The predicted molar refractivity (Wildman–Crippen MR) is 48.1 cm³/mol. The highest BCUT2D eigenvalue weighted by Crippen LogP contribution is 2.20. The molecule has 1 aliphatic rings. The van der Waals surface area contributed by atoms with Crippen molar-refractivity contribution in [1.82, 2.24) is 5.48 Å². The van der Waals surface area contributed by atoms with E-state index in [2.05, 4.69) is 17.6 Å². The van der Waals surface area contributed by atoms with Gasteiger partial charge in [-0.05, 0) is 18.6 Å². The summed E-state index contributed by atoms with van der Waals surface area (Å²) >= 11 is 0. The fourth-order valence-corrected chi connectivity index (χ4v) is 0.968. The largest absolute Gasteiger partial charge is 0.270 e. The smallest absolute Gasteiger partial charge is 0.177 e. The van der Waals surface area contributed by atoms with Crippen molar-refractivity contribution in [1.29, 1.82) is 0 Å². The summed E-state index contributed by atoms with van der Waals surface area (Å²) in [6, 6.07) is 10.2. The molecule has 12 heavy (non-hydrogen) atoms. The molecule has 0 radical (unpaired) electrons. The highest BCUT2D eigenvalue weighted by Gasteiger charge is 2.35. The van der Waals surface area contributed by atoms with Crippen LogP contribution in [0.4, 0.5) is 0 Å². The molecule has 0 saturated carbocycles. The minimum absolute atomic E-state index is 0.226. The molecule has 1 fully saturated rings. The van der Waals surface area contributed by atoms with E-state index in [-0.39, 0.29) is 5.72 Å². The van der Waals surface area contributed by atoms with E-state index in [0.717, 1.165) is 0 Å². The molecular weight excluding hydrogens is 150 g/mol. The molecule has 1 aliphatic heterocycles. The highest BCUT2D eigenvalue weighted by atomic mass is 16.8. The average Bonchev–Trinajstić information content (AvgIpc) is 2.84. The summed E-state index contributed by atoms with van der Waals surface area (Å²) in [4.78, 5) is 4.98. The Labute approximate surface area is 71.8 Å². The first-order valence-electron chi connectivity index (χ1n) is 3.98. The second-order valence-corrected chi connectivity index (χ2v) is 3.06. The van der Waals surface area contributed by atoms with Gasteiger partial charge in [-0.1, -0.05) is 36.4 Å². The van der Waals surface area contributed by atoms with Crippen molar-refractivity contribution in [3.8, 4) is 0 Å². The molecule has 1 heterocycles. The first-order chi connectivity index (χ1) is 5.79. The third kappa shape index (κ3) is 1.72. The van der Waals surface area contributed by atoms with Gasteiger partial charge in [-0.3, -0.25) is 4.84 Å². The lowest BCUT2D eigenvalue weighted by molar-refractivity contribution is 0.343. The second kappa shape index (κ2) is 2.73. The fraction of sp³-hybridized carbons (Fsp3) is 0.200. The molecule has 1 N–H and O–H groups in total. The molecule has 2 heteroatoms. The molecule has 1 saturated heterocycles. The van der Waals surface area contributed by atoms with Crippen LogP contribution in [-0.2, 0) is 4.84 Å². The fourth-order valence-electron chi connectivity index (χ4n) is 0.968. The Morgan fingerprint density at radius 3 is 2.58 bits per heavy atom. The van der Waals surface area contributed by atoms with Crippen molar-refractivity contribution >= 4 is 6.08 Å². The summed E-state index contributed by atoms with van der Waals surface area (Å²) in [5, 5.41) is 0. The van der Waals surface area contributed by atoms with Gasteiger partial charge in [-0.15, -0.1) is 0 Å². The van der Waals surface area contributed by atoms with Gasteiger partial charge in [-0.2, -0.15) is 5.48 Å². The number of nitrogens with one attached hydrogen (secondary N) is 1. The predicted octanol–water partition coefficient (Wildman–Crippen LogP) is 1.95. The van der Waals surface area contributed by atoms with Crippen LogP contribution in [0.2, 0.25) is 0 Å². The van der Waals surface area contributed by atoms with Gasteiger partial charge in [0.15, 0.2) is 5.72 Å². The average molecular weight is 161 g/mol. The molecule has 0 bridgehead atoms. The Bertz CT molecular complexity index is 288. The topological polar surface area (TPSA) is 34.5 Å². The zero-order valence-corrected chi connectivity index (χ0v) is 6.95. The first kappa shape index (κ1) is 7.53. The zero-order chi connectivity index (χ0) is 8.44. The summed E-state index contributed by atoms with van der Waals surface area (Å²) in [5.41, 5.74) is 3.76. The van der Waals surface area contributed by atoms with Gasteiger partial charge in [0, 0.05) is 0 Å². The van der Waals surface area contributed by atoms with Crippen molar-refractivity contribution in [2.24, 2.45) is 0 Å². The van der Waals surface area contributed by atoms with Crippen LogP contribution in [0.3, 0.4) is 0 Å². The molecule has 2 rings (SSSR count). The van der Waals surface area contributed by atoms with Gasteiger partial charge in [0.2, 0.25) is 0 Å². The molecule has 1 aromatic carbocycles. The van der Waals surface area contributed by atoms with E-state index in [1.165, 1.54) is 5.56 Å². The summed E-state index contributed by atoms with van der Waals surface area (Å²) in [5.74, 6) is 0. The van der Waals surface area contributed by atoms with Gasteiger partial charge in [-0.25, -0.2) is 0 Å². The number of hydrogen-bond acceptors (Lipinski definition) is 2. The number of benzene rings is 1. The Balaban J connectivity index is 2.08. The Hall–Kier alpha value is -1.12. The van der Waals surface area contributed by atoms with Crippen LogP contribution in [-0.4, -0.2) is 5.72 Å². The van der Waals surface area contributed by atoms with Crippen molar-refractivity contribution in [2.75, 3.05) is 0 Å². The van der Waals surface area contributed by atoms with E-state index in [4.69, 9.17) is 4.84 Å². The minimum atomic E-state index is -0.226. The maximum Gasteiger partial charge on any atom is 0.177 e. The quantitative estimate of drug-likeness (QED) is 0.673. The molecule has 2 nitrogen and oxygen atoms in total. The summed E-state index contributed by atoms with van der Waals surface area (Å²) in [7, 11) is 0. The van der Waals surface area contributed by atoms with Crippen LogP contribution < -0.4 is 5.48 Å². The maximum absolute atomic E-state index is 4.98. The van der Waals surface area contributed by atoms with Crippen molar-refractivity contribution < 1.29 is 4.84 Å². The minimum Gasteiger partial charge on any atom is -0.270 e. The van der Waals surface area contributed by atoms with E-state index in [9.17, 15) is 0 Å². The molecule has 1 aromatic rings. The zero-order valence-electron chi connectivity index (χ0n) is 6.95. The van der Waals surface area contributed by atoms with Crippen LogP contribution in [0.25, 0.3) is 6.08 Å². The molecule has 62 valence electrons. The van der Waals surface area contributed by atoms with E-state index in [1.54, 1.807) is 0 Å². The summed E-state index contributed by atoms with van der Waals surface area (Å²) in [6.07, 6.45) is 4.04. The lowest BCUT2D eigenvalue weighted by Crippen LogP contribution is -2.02. The standard InChI is InChI=1S/C10H11NO/c1-10(11-12-10)8-7-9-5-3-2-4-6-9/h2-8,11H,1H3. The Morgan fingerprint density at radius 2 is 2.00 bits per heavy atom. The van der Waals surface area contributed by atoms with Gasteiger partial charge < -0.3 is 0 Å². The number of rotatable bonds is 2. The van der Waals surface area contributed by atoms with Gasteiger partial charge in [0.25, 0.3) is 0 Å². The molecule has 1 atom stereocenters.